The Morgan fingerprint density at radius 3 is 2.85 bits per heavy atom. The van der Waals surface area contributed by atoms with E-state index < -0.39 is 0 Å². The van der Waals surface area contributed by atoms with Crippen LogP contribution in [0.1, 0.15) is 37.4 Å². The van der Waals surface area contributed by atoms with Crippen molar-refractivity contribution in [1.82, 2.24) is 10.2 Å². The second kappa shape index (κ2) is 7.09. The highest BCUT2D eigenvalue weighted by Crippen LogP contribution is 2.30. The zero-order valence-electron chi connectivity index (χ0n) is 13.4. The quantitative estimate of drug-likeness (QED) is 0.825. The van der Waals surface area contributed by atoms with Crippen molar-refractivity contribution in [2.75, 3.05) is 45.2 Å². The summed E-state index contributed by atoms with van der Waals surface area (Å²) in [5.41, 5.74) is 4.40. The molecule has 0 aliphatic carbocycles. The predicted octanol–water partition coefficient (Wildman–Crippen LogP) is 2.67. The minimum Gasteiger partial charge on any atom is -0.371 e. The number of hydrogen-bond donors (Lipinski definition) is 1. The standard InChI is InChI=1S/C17H29N3/c1-5-18-14(2)15-7-8-17-16(13-15)9-12-20(17)11-6-10-19(3)4/h7-8,13-14,18H,5-6,9-12H2,1-4H3. The van der Waals surface area contributed by atoms with E-state index in [9.17, 15) is 0 Å². The molecule has 0 spiro atoms. The van der Waals surface area contributed by atoms with Gasteiger partial charge in [0.15, 0.2) is 0 Å². The van der Waals surface area contributed by atoms with E-state index in [0.29, 0.717) is 6.04 Å². The fourth-order valence-corrected chi connectivity index (χ4v) is 2.99. The normalized spacial score (nSPS) is 15.8. The Morgan fingerprint density at radius 2 is 2.15 bits per heavy atom. The van der Waals surface area contributed by atoms with Crippen LogP contribution in [0.2, 0.25) is 0 Å². The Bertz CT molecular complexity index is 428. The molecule has 0 bridgehead atoms. The molecule has 0 saturated carbocycles. The molecule has 1 heterocycles. The second-order valence-electron chi connectivity index (χ2n) is 6.06. The lowest BCUT2D eigenvalue weighted by Gasteiger charge is -2.21. The van der Waals surface area contributed by atoms with Crippen LogP contribution >= 0.6 is 0 Å². The third-order valence-electron chi connectivity index (χ3n) is 4.14. The summed E-state index contributed by atoms with van der Waals surface area (Å²) in [6.07, 6.45) is 2.44. The fourth-order valence-electron chi connectivity index (χ4n) is 2.99. The molecule has 0 radical (unpaired) electrons. The summed E-state index contributed by atoms with van der Waals surface area (Å²) >= 11 is 0. The van der Waals surface area contributed by atoms with Crippen molar-refractivity contribution in [2.24, 2.45) is 0 Å². The Balaban J connectivity index is 1.99. The molecule has 1 aliphatic heterocycles. The van der Waals surface area contributed by atoms with Gasteiger partial charge in [0.1, 0.15) is 0 Å². The SMILES string of the molecule is CCNC(C)c1ccc2c(c1)CCN2CCCN(C)C. The van der Waals surface area contributed by atoms with Gasteiger partial charge in [0, 0.05) is 24.8 Å². The Morgan fingerprint density at radius 1 is 1.35 bits per heavy atom. The molecule has 1 N–H and O–H groups in total. The molecule has 0 saturated heterocycles. The first-order chi connectivity index (χ1) is 9.61. The van der Waals surface area contributed by atoms with Crippen molar-refractivity contribution < 1.29 is 0 Å². The number of fused-ring (bicyclic) bond motifs is 1. The van der Waals surface area contributed by atoms with Gasteiger partial charge >= 0.3 is 0 Å². The molecule has 1 unspecified atom stereocenters. The molecule has 0 aromatic heterocycles. The number of rotatable bonds is 7. The van der Waals surface area contributed by atoms with Gasteiger partial charge < -0.3 is 15.1 Å². The lowest BCUT2D eigenvalue weighted by Crippen LogP contribution is -2.25. The molecule has 20 heavy (non-hydrogen) atoms. The van der Waals surface area contributed by atoms with Crippen molar-refractivity contribution in [2.45, 2.75) is 32.7 Å². The molecule has 1 atom stereocenters. The average Bonchev–Trinajstić information content (AvgIpc) is 2.81. The van der Waals surface area contributed by atoms with Gasteiger partial charge in [-0.15, -0.1) is 0 Å². The van der Waals surface area contributed by atoms with Crippen molar-refractivity contribution in [3.8, 4) is 0 Å². The summed E-state index contributed by atoms with van der Waals surface area (Å²) in [5.74, 6) is 0. The monoisotopic (exact) mass is 275 g/mol. The Kier molecular flexibility index (Phi) is 5.44. The highest BCUT2D eigenvalue weighted by Gasteiger charge is 2.19. The van der Waals surface area contributed by atoms with Gasteiger partial charge in [-0.1, -0.05) is 19.1 Å². The first kappa shape index (κ1) is 15.3. The molecule has 2 rings (SSSR count). The average molecular weight is 275 g/mol. The third-order valence-corrected chi connectivity index (χ3v) is 4.14. The van der Waals surface area contributed by atoms with E-state index in [-0.39, 0.29) is 0 Å². The summed E-state index contributed by atoms with van der Waals surface area (Å²) in [7, 11) is 4.29. The van der Waals surface area contributed by atoms with Crippen LogP contribution in [0, 0.1) is 0 Å². The maximum Gasteiger partial charge on any atom is 0.0399 e. The van der Waals surface area contributed by atoms with Crippen LogP contribution in [0.3, 0.4) is 0 Å². The molecular weight excluding hydrogens is 246 g/mol. The zero-order chi connectivity index (χ0) is 14.5. The van der Waals surface area contributed by atoms with E-state index in [0.717, 1.165) is 6.54 Å². The van der Waals surface area contributed by atoms with Crippen LogP contribution in [0.5, 0.6) is 0 Å². The number of nitrogens with zero attached hydrogens (tertiary/aromatic N) is 2. The Labute approximate surface area is 124 Å². The van der Waals surface area contributed by atoms with Gasteiger partial charge in [-0.2, -0.15) is 0 Å². The largest absolute Gasteiger partial charge is 0.371 e. The van der Waals surface area contributed by atoms with E-state index in [4.69, 9.17) is 0 Å². The predicted molar refractivity (Wildman–Crippen MR) is 87.6 cm³/mol. The van der Waals surface area contributed by atoms with E-state index >= 15 is 0 Å². The maximum absolute atomic E-state index is 3.49. The summed E-state index contributed by atoms with van der Waals surface area (Å²) < 4.78 is 0. The van der Waals surface area contributed by atoms with Crippen LogP contribution in [0.25, 0.3) is 0 Å². The van der Waals surface area contributed by atoms with Gasteiger partial charge in [0.2, 0.25) is 0 Å². The third kappa shape index (κ3) is 3.74. The van der Waals surface area contributed by atoms with Crippen molar-refractivity contribution in [1.29, 1.82) is 0 Å². The summed E-state index contributed by atoms with van der Waals surface area (Å²) in [6.45, 7) is 8.96. The highest BCUT2D eigenvalue weighted by molar-refractivity contribution is 5.59. The molecule has 112 valence electrons. The van der Waals surface area contributed by atoms with E-state index in [1.807, 2.05) is 0 Å². The van der Waals surface area contributed by atoms with Crippen LogP contribution in [-0.4, -0.2) is 45.2 Å². The van der Waals surface area contributed by atoms with Gasteiger partial charge in [-0.25, -0.2) is 0 Å². The molecule has 1 aliphatic rings. The summed E-state index contributed by atoms with van der Waals surface area (Å²) in [5, 5.41) is 3.49. The molecule has 0 amide bonds. The fraction of sp³-hybridized carbons (Fsp3) is 0.647. The van der Waals surface area contributed by atoms with E-state index in [1.54, 1.807) is 0 Å². The topological polar surface area (TPSA) is 18.5 Å². The van der Waals surface area contributed by atoms with Gasteiger partial charge in [0.05, 0.1) is 0 Å². The summed E-state index contributed by atoms with van der Waals surface area (Å²) in [4.78, 5) is 4.80. The zero-order valence-corrected chi connectivity index (χ0v) is 13.4. The highest BCUT2D eigenvalue weighted by atomic mass is 15.2. The lowest BCUT2D eigenvalue weighted by molar-refractivity contribution is 0.401. The van der Waals surface area contributed by atoms with Gasteiger partial charge in [0.25, 0.3) is 0 Å². The number of hydrogen-bond acceptors (Lipinski definition) is 3. The van der Waals surface area contributed by atoms with E-state index in [2.05, 4.69) is 61.3 Å². The van der Waals surface area contributed by atoms with Gasteiger partial charge in [-0.3, -0.25) is 0 Å². The number of benzene rings is 1. The lowest BCUT2D eigenvalue weighted by atomic mass is 10.0. The van der Waals surface area contributed by atoms with Gasteiger partial charge in [-0.05, 0) is 64.1 Å². The van der Waals surface area contributed by atoms with Crippen molar-refractivity contribution in [3.05, 3.63) is 29.3 Å². The van der Waals surface area contributed by atoms with Crippen LogP contribution in [0.4, 0.5) is 5.69 Å². The molecule has 0 fully saturated rings. The van der Waals surface area contributed by atoms with Crippen LogP contribution in [-0.2, 0) is 6.42 Å². The minimum atomic E-state index is 0.452. The van der Waals surface area contributed by atoms with E-state index in [1.165, 1.54) is 49.3 Å². The molecule has 3 nitrogen and oxygen atoms in total. The number of nitrogens with one attached hydrogen (secondary N) is 1. The first-order valence-corrected chi connectivity index (χ1v) is 7.87. The number of anilines is 1. The Hall–Kier alpha value is -1.06. The molecule has 3 heteroatoms. The summed E-state index contributed by atoms with van der Waals surface area (Å²) in [6, 6.07) is 7.46. The maximum atomic E-state index is 3.49. The second-order valence-corrected chi connectivity index (χ2v) is 6.06. The molecule has 1 aromatic carbocycles. The van der Waals surface area contributed by atoms with Crippen LogP contribution < -0.4 is 10.2 Å². The first-order valence-electron chi connectivity index (χ1n) is 7.87. The minimum absolute atomic E-state index is 0.452. The molecular formula is C17H29N3. The molecule has 1 aromatic rings. The van der Waals surface area contributed by atoms with Crippen molar-refractivity contribution in [3.63, 3.8) is 0 Å². The van der Waals surface area contributed by atoms with Crippen LogP contribution in [0.15, 0.2) is 18.2 Å². The van der Waals surface area contributed by atoms with Crippen molar-refractivity contribution >= 4 is 5.69 Å². The smallest absolute Gasteiger partial charge is 0.0399 e.